The highest BCUT2D eigenvalue weighted by atomic mass is 16.5. The molecule has 0 spiro atoms. The quantitative estimate of drug-likeness (QED) is 0.399. The lowest BCUT2D eigenvalue weighted by Crippen LogP contribution is -2.20. The van der Waals surface area contributed by atoms with E-state index in [1.165, 1.54) is 6.21 Å². The first-order chi connectivity index (χ1) is 15.6. The van der Waals surface area contributed by atoms with Gasteiger partial charge in [-0.15, -0.1) is 0 Å². The molecule has 32 heavy (non-hydrogen) atoms. The fourth-order valence-corrected chi connectivity index (χ4v) is 2.77. The van der Waals surface area contributed by atoms with Crippen LogP contribution in [-0.2, 0) is 16.2 Å². The normalized spacial score (nSPS) is 10.3. The summed E-state index contributed by atoms with van der Waals surface area (Å²) in [5.74, 6) is 0.0761. The molecule has 0 aliphatic heterocycles. The van der Waals surface area contributed by atoms with E-state index in [1.807, 2.05) is 36.4 Å². The van der Waals surface area contributed by atoms with Crippen molar-refractivity contribution in [3.05, 3.63) is 95.6 Å². The average molecular weight is 426 g/mol. The fourth-order valence-electron chi connectivity index (χ4n) is 2.77. The summed E-state index contributed by atoms with van der Waals surface area (Å²) >= 11 is 0. The first kappa shape index (κ1) is 22.2. The van der Waals surface area contributed by atoms with E-state index in [4.69, 9.17) is 10.00 Å². The Morgan fingerprint density at radius 1 is 0.906 bits per heavy atom. The topological polar surface area (TPSA) is 104 Å². The zero-order valence-electron chi connectivity index (χ0n) is 17.3. The van der Waals surface area contributed by atoms with Crippen LogP contribution in [0.2, 0.25) is 0 Å². The van der Waals surface area contributed by atoms with Crippen LogP contribution in [-0.4, -0.2) is 18.0 Å². The van der Waals surface area contributed by atoms with Crippen LogP contribution >= 0.6 is 0 Å². The number of nitriles is 1. The molecule has 160 valence electrons. The molecule has 7 nitrogen and oxygen atoms in total. The lowest BCUT2D eigenvalue weighted by atomic mass is 10.1. The second-order valence-electron chi connectivity index (χ2n) is 6.83. The van der Waals surface area contributed by atoms with Gasteiger partial charge in [-0.3, -0.25) is 9.59 Å². The van der Waals surface area contributed by atoms with Gasteiger partial charge in [0, 0.05) is 24.1 Å². The minimum atomic E-state index is -0.347. The zero-order valence-corrected chi connectivity index (χ0v) is 17.3. The minimum absolute atomic E-state index is 0.0347. The summed E-state index contributed by atoms with van der Waals surface area (Å²) in [6, 6.07) is 25.7. The van der Waals surface area contributed by atoms with Gasteiger partial charge in [0.25, 0.3) is 0 Å². The van der Waals surface area contributed by atoms with Gasteiger partial charge in [-0.05, 0) is 48.0 Å². The number of hydrogen-bond acceptors (Lipinski definition) is 5. The van der Waals surface area contributed by atoms with Crippen molar-refractivity contribution in [1.29, 1.82) is 5.26 Å². The minimum Gasteiger partial charge on any atom is -0.489 e. The van der Waals surface area contributed by atoms with Crippen LogP contribution < -0.4 is 15.5 Å². The molecule has 3 aromatic rings. The maximum Gasteiger partial charge on any atom is 0.240 e. The van der Waals surface area contributed by atoms with Gasteiger partial charge >= 0.3 is 0 Å². The predicted molar refractivity (Wildman–Crippen MR) is 122 cm³/mol. The Hall–Kier alpha value is -4.44. The SMILES string of the molecule is N#Cc1ccccc1COc1ccc(C=NNC(=O)CCC(=O)Nc2ccccc2)cc1. The smallest absolute Gasteiger partial charge is 0.240 e. The van der Waals surface area contributed by atoms with Gasteiger partial charge in [0.15, 0.2) is 0 Å². The molecule has 0 aromatic heterocycles. The van der Waals surface area contributed by atoms with E-state index in [1.54, 1.807) is 42.5 Å². The number of carbonyl (C=O) groups is 2. The Bertz CT molecular complexity index is 1120. The van der Waals surface area contributed by atoms with E-state index < -0.39 is 0 Å². The number of ether oxygens (including phenoxy) is 1. The monoisotopic (exact) mass is 426 g/mol. The molecule has 0 atom stereocenters. The summed E-state index contributed by atoms with van der Waals surface area (Å²) in [6.45, 7) is 0.297. The van der Waals surface area contributed by atoms with Crippen molar-refractivity contribution in [2.45, 2.75) is 19.4 Å². The van der Waals surface area contributed by atoms with Crippen LogP contribution in [0.15, 0.2) is 84.0 Å². The van der Waals surface area contributed by atoms with E-state index in [9.17, 15) is 9.59 Å². The summed E-state index contributed by atoms with van der Waals surface area (Å²) in [7, 11) is 0. The van der Waals surface area contributed by atoms with Gasteiger partial charge < -0.3 is 10.1 Å². The molecule has 0 unspecified atom stereocenters. The molecule has 0 saturated heterocycles. The summed E-state index contributed by atoms with van der Waals surface area (Å²) in [6.07, 6.45) is 1.61. The molecule has 0 heterocycles. The van der Waals surface area contributed by atoms with Gasteiger partial charge in [-0.2, -0.15) is 10.4 Å². The molecule has 3 rings (SSSR count). The van der Waals surface area contributed by atoms with E-state index in [0.29, 0.717) is 23.6 Å². The standard InChI is InChI=1S/C25H22N4O3/c26-16-20-6-4-5-7-21(20)18-32-23-12-10-19(11-13-23)17-27-29-25(31)15-14-24(30)28-22-8-2-1-3-9-22/h1-13,17H,14-15,18H2,(H,28,30)(H,29,31). The Kier molecular flexibility index (Phi) is 8.11. The van der Waals surface area contributed by atoms with Crippen molar-refractivity contribution in [2.75, 3.05) is 5.32 Å². The summed E-state index contributed by atoms with van der Waals surface area (Å²) < 4.78 is 5.73. The molecule has 3 aromatic carbocycles. The number of nitrogens with zero attached hydrogens (tertiary/aromatic N) is 2. The second kappa shape index (κ2) is 11.7. The van der Waals surface area contributed by atoms with Crippen molar-refractivity contribution in [3.63, 3.8) is 0 Å². The number of benzene rings is 3. The van der Waals surface area contributed by atoms with Crippen LogP contribution in [0, 0.1) is 11.3 Å². The largest absolute Gasteiger partial charge is 0.489 e. The molecule has 7 heteroatoms. The van der Waals surface area contributed by atoms with Gasteiger partial charge in [0.1, 0.15) is 12.4 Å². The van der Waals surface area contributed by atoms with Gasteiger partial charge in [-0.25, -0.2) is 5.43 Å². The molecule has 0 saturated carbocycles. The lowest BCUT2D eigenvalue weighted by Gasteiger charge is -2.07. The first-order valence-electron chi connectivity index (χ1n) is 10.0. The Labute approximate surface area is 186 Å². The maximum absolute atomic E-state index is 11.9. The van der Waals surface area contributed by atoms with E-state index >= 15 is 0 Å². The third-order valence-electron chi connectivity index (χ3n) is 4.45. The van der Waals surface area contributed by atoms with Crippen LogP contribution in [0.3, 0.4) is 0 Å². The van der Waals surface area contributed by atoms with Gasteiger partial charge in [0.05, 0.1) is 17.8 Å². The number of rotatable bonds is 9. The van der Waals surface area contributed by atoms with Crippen LogP contribution in [0.25, 0.3) is 0 Å². The highest BCUT2D eigenvalue weighted by Gasteiger charge is 2.06. The molecule has 0 fully saturated rings. The van der Waals surface area contributed by atoms with Crippen LogP contribution in [0.5, 0.6) is 5.75 Å². The fraction of sp³-hybridized carbons (Fsp3) is 0.120. The molecule has 0 aliphatic rings. The molecular formula is C25H22N4O3. The highest BCUT2D eigenvalue weighted by Crippen LogP contribution is 2.15. The maximum atomic E-state index is 11.9. The van der Waals surface area contributed by atoms with Gasteiger partial charge in [0.2, 0.25) is 11.8 Å². The van der Waals surface area contributed by atoms with E-state index in [2.05, 4.69) is 21.9 Å². The number of amides is 2. The molecule has 0 radical (unpaired) electrons. The van der Waals surface area contributed by atoms with Crippen LogP contribution in [0.4, 0.5) is 5.69 Å². The summed E-state index contributed by atoms with van der Waals surface area (Å²) in [5.41, 5.74) is 5.29. The van der Waals surface area contributed by atoms with Crippen LogP contribution in [0.1, 0.15) is 29.5 Å². The number of para-hydroxylation sites is 1. The number of anilines is 1. The van der Waals surface area contributed by atoms with Crippen molar-refractivity contribution in [2.24, 2.45) is 5.10 Å². The summed E-state index contributed by atoms with van der Waals surface area (Å²) in [5, 5.41) is 15.8. The van der Waals surface area contributed by atoms with Crippen molar-refractivity contribution >= 4 is 23.7 Å². The third kappa shape index (κ3) is 7.11. The second-order valence-corrected chi connectivity index (χ2v) is 6.83. The Balaban J connectivity index is 1.40. The molecule has 2 N–H and O–H groups in total. The third-order valence-corrected chi connectivity index (χ3v) is 4.45. The number of hydrogen-bond donors (Lipinski definition) is 2. The number of nitrogens with one attached hydrogen (secondary N) is 2. The zero-order chi connectivity index (χ0) is 22.6. The molecule has 0 aliphatic carbocycles. The molecular weight excluding hydrogens is 404 g/mol. The van der Waals surface area contributed by atoms with E-state index in [-0.39, 0.29) is 24.7 Å². The Morgan fingerprint density at radius 2 is 1.59 bits per heavy atom. The van der Waals surface area contributed by atoms with Crippen molar-refractivity contribution in [1.82, 2.24) is 5.43 Å². The first-order valence-corrected chi connectivity index (χ1v) is 10.0. The number of hydrazone groups is 1. The predicted octanol–water partition coefficient (Wildman–Crippen LogP) is 4.01. The van der Waals surface area contributed by atoms with E-state index in [0.717, 1.165) is 11.1 Å². The Morgan fingerprint density at radius 3 is 2.34 bits per heavy atom. The molecule has 2 amide bonds. The van der Waals surface area contributed by atoms with Gasteiger partial charge in [-0.1, -0.05) is 36.4 Å². The van der Waals surface area contributed by atoms with Crippen molar-refractivity contribution < 1.29 is 14.3 Å². The van der Waals surface area contributed by atoms with Crippen molar-refractivity contribution in [3.8, 4) is 11.8 Å². The summed E-state index contributed by atoms with van der Waals surface area (Å²) in [4.78, 5) is 23.7. The highest BCUT2D eigenvalue weighted by molar-refractivity contribution is 5.93. The average Bonchev–Trinajstić information content (AvgIpc) is 2.83. The lowest BCUT2D eigenvalue weighted by molar-refractivity contribution is -0.124. The number of carbonyl (C=O) groups excluding carboxylic acids is 2. The molecule has 0 bridgehead atoms.